The van der Waals surface area contributed by atoms with Crippen LogP contribution in [-0.2, 0) is 6.42 Å². The average molecular weight is 171 g/mol. The van der Waals surface area contributed by atoms with Crippen molar-refractivity contribution in [1.82, 2.24) is 4.98 Å². The fraction of sp³-hybridized carbons (Fsp3) is 0.444. The fourth-order valence-corrected chi connectivity index (χ4v) is 1.10. The van der Waals surface area contributed by atoms with Crippen molar-refractivity contribution in [2.24, 2.45) is 0 Å². The van der Waals surface area contributed by atoms with E-state index in [1.165, 1.54) is 6.20 Å². The standard InChI is InChI=1S/C9H11F2N/c1-6-3-7(2)12-5-8(6)4-9(10)11/h3,5,9H,4H2,1-2H3. The molecule has 0 radical (unpaired) electrons. The molecule has 0 unspecified atom stereocenters. The molecule has 1 nitrogen and oxygen atoms in total. The van der Waals surface area contributed by atoms with Gasteiger partial charge in [-0.2, -0.15) is 0 Å². The molecule has 0 saturated heterocycles. The molecule has 0 aromatic carbocycles. The van der Waals surface area contributed by atoms with Crippen LogP contribution in [0.25, 0.3) is 0 Å². The largest absolute Gasteiger partial charge is 0.261 e. The number of hydrogen-bond donors (Lipinski definition) is 0. The van der Waals surface area contributed by atoms with Crippen molar-refractivity contribution >= 4 is 0 Å². The van der Waals surface area contributed by atoms with Gasteiger partial charge in [0.2, 0.25) is 6.43 Å². The van der Waals surface area contributed by atoms with E-state index in [4.69, 9.17) is 0 Å². The van der Waals surface area contributed by atoms with Gasteiger partial charge in [-0.3, -0.25) is 4.98 Å². The first-order valence-corrected chi connectivity index (χ1v) is 3.80. The van der Waals surface area contributed by atoms with Crippen molar-refractivity contribution in [3.05, 3.63) is 29.1 Å². The Kier molecular flexibility index (Phi) is 2.74. The molecule has 1 aromatic heterocycles. The molecule has 0 spiro atoms. The molecule has 3 heteroatoms. The summed E-state index contributed by atoms with van der Waals surface area (Å²) in [5.41, 5.74) is 2.39. The van der Waals surface area contributed by atoms with Gasteiger partial charge in [0.05, 0.1) is 0 Å². The van der Waals surface area contributed by atoms with E-state index in [9.17, 15) is 8.78 Å². The molecule has 66 valence electrons. The molecule has 0 atom stereocenters. The van der Waals surface area contributed by atoms with Crippen molar-refractivity contribution in [2.75, 3.05) is 0 Å². The van der Waals surface area contributed by atoms with Gasteiger partial charge in [-0.1, -0.05) is 0 Å². The van der Waals surface area contributed by atoms with Crippen LogP contribution in [0, 0.1) is 13.8 Å². The van der Waals surface area contributed by atoms with Gasteiger partial charge in [-0.15, -0.1) is 0 Å². The predicted octanol–water partition coefficient (Wildman–Crippen LogP) is 2.51. The first kappa shape index (κ1) is 9.10. The van der Waals surface area contributed by atoms with Gasteiger partial charge in [-0.05, 0) is 31.0 Å². The summed E-state index contributed by atoms with van der Waals surface area (Å²) in [6.07, 6.45) is -0.955. The van der Waals surface area contributed by atoms with Crippen molar-refractivity contribution < 1.29 is 8.78 Å². The van der Waals surface area contributed by atoms with Crippen molar-refractivity contribution in [1.29, 1.82) is 0 Å². The third kappa shape index (κ3) is 2.26. The summed E-state index contributed by atoms with van der Waals surface area (Å²) < 4.78 is 23.9. The Morgan fingerprint density at radius 2 is 2.08 bits per heavy atom. The van der Waals surface area contributed by atoms with Crippen LogP contribution in [0.5, 0.6) is 0 Å². The maximum Gasteiger partial charge on any atom is 0.242 e. The lowest BCUT2D eigenvalue weighted by Gasteiger charge is -2.04. The zero-order valence-electron chi connectivity index (χ0n) is 7.14. The lowest BCUT2D eigenvalue weighted by Crippen LogP contribution is -2.00. The van der Waals surface area contributed by atoms with Crippen LogP contribution in [-0.4, -0.2) is 11.4 Å². The number of aromatic nitrogens is 1. The number of nitrogens with zero attached hydrogens (tertiary/aromatic N) is 1. The minimum Gasteiger partial charge on any atom is -0.261 e. The van der Waals surface area contributed by atoms with Gasteiger partial charge < -0.3 is 0 Å². The van der Waals surface area contributed by atoms with E-state index in [1.54, 1.807) is 0 Å². The van der Waals surface area contributed by atoms with Crippen LogP contribution in [0.2, 0.25) is 0 Å². The SMILES string of the molecule is Cc1cc(C)c(CC(F)F)cn1. The van der Waals surface area contributed by atoms with E-state index in [0.29, 0.717) is 5.56 Å². The lowest BCUT2D eigenvalue weighted by molar-refractivity contribution is 0.148. The van der Waals surface area contributed by atoms with E-state index in [-0.39, 0.29) is 6.42 Å². The third-order valence-corrected chi connectivity index (χ3v) is 1.73. The summed E-state index contributed by atoms with van der Waals surface area (Å²) in [5.74, 6) is 0. The molecular weight excluding hydrogens is 160 g/mol. The maximum absolute atomic E-state index is 12.0. The normalized spacial score (nSPS) is 10.8. The minimum atomic E-state index is -2.28. The average Bonchev–Trinajstić information content (AvgIpc) is 1.94. The molecule has 0 aliphatic heterocycles. The molecule has 0 fully saturated rings. The molecular formula is C9H11F2N. The lowest BCUT2D eigenvalue weighted by atomic mass is 10.1. The van der Waals surface area contributed by atoms with Gasteiger partial charge in [0, 0.05) is 18.3 Å². The molecule has 0 aliphatic rings. The van der Waals surface area contributed by atoms with Crippen LogP contribution in [0.4, 0.5) is 8.78 Å². The third-order valence-electron chi connectivity index (χ3n) is 1.73. The number of rotatable bonds is 2. The monoisotopic (exact) mass is 171 g/mol. The van der Waals surface area contributed by atoms with Crippen molar-refractivity contribution in [3.8, 4) is 0 Å². The summed E-state index contributed by atoms with van der Waals surface area (Å²) in [4.78, 5) is 3.96. The van der Waals surface area contributed by atoms with Gasteiger partial charge in [0.25, 0.3) is 0 Å². The zero-order valence-corrected chi connectivity index (χ0v) is 7.14. The highest BCUT2D eigenvalue weighted by atomic mass is 19.3. The van der Waals surface area contributed by atoms with Gasteiger partial charge >= 0.3 is 0 Å². The second kappa shape index (κ2) is 3.61. The Balaban J connectivity index is 2.86. The highest BCUT2D eigenvalue weighted by Crippen LogP contribution is 2.12. The van der Waals surface area contributed by atoms with E-state index in [0.717, 1.165) is 11.3 Å². The second-order valence-electron chi connectivity index (χ2n) is 2.85. The second-order valence-corrected chi connectivity index (χ2v) is 2.85. The highest BCUT2D eigenvalue weighted by molar-refractivity contribution is 5.25. The number of alkyl halides is 2. The van der Waals surface area contributed by atoms with Crippen molar-refractivity contribution in [2.45, 2.75) is 26.7 Å². The summed E-state index contributed by atoms with van der Waals surface area (Å²) in [5, 5.41) is 0. The Morgan fingerprint density at radius 1 is 1.42 bits per heavy atom. The Bertz CT molecular complexity index is 271. The van der Waals surface area contributed by atoms with E-state index >= 15 is 0 Å². The van der Waals surface area contributed by atoms with E-state index in [1.807, 2.05) is 19.9 Å². The first-order chi connectivity index (χ1) is 5.59. The zero-order chi connectivity index (χ0) is 9.14. The fourth-order valence-electron chi connectivity index (χ4n) is 1.10. The molecule has 1 rings (SSSR count). The van der Waals surface area contributed by atoms with Gasteiger partial charge in [-0.25, -0.2) is 8.78 Å². The number of hydrogen-bond acceptors (Lipinski definition) is 1. The highest BCUT2D eigenvalue weighted by Gasteiger charge is 2.06. The summed E-state index contributed by atoms with van der Waals surface area (Å²) in [6, 6.07) is 1.82. The van der Waals surface area contributed by atoms with Crippen LogP contribution >= 0.6 is 0 Å². The van der Waals surface area contributed by atoms with Crippen LogP contribution in [0.3, 0.4) is 0 Å². The molecule has 0 amide bonds. The van der Waals surface area contributed by atoms with Gasteiger partial charge in [0.1, 0.15) is 0 Å². The molecule has 0 aliphatic carbocycles. The van der Waals surface area contributed by atoms with Gasteiger partial charge in [0.15, 0.2) is 0 Å². The molecule has 0 N–H and O–H groups in total. The van der Waals surface area contributed by atoms with Crippen molar-refractivity contribution in [3.63, 3.8) is 0 Å². The molecule has 1 heterocycles. The molecule has 0 bridgehead atoms. The summed E-state index contributed by atoms with van der Waals surface area (Å²) in [6.45, 7) is 3.67. The van der Waals surface area contributed by atoms with E-state index in [2.05, 4.69) is 4.98 Å². The minimum absolute atomic E-state index is 0.195. The molecule has 1 aromatic rings. The quantitative estimate of drug-likeness (QED) is 0.666. The molecule has 0 saturated carbocycles. The summed E-state index contributed by atoms with van der Waals surface area (Å²) >= 11 is 0. The van der Waals surface area contributed by atoms with E-state index < -0.39 is 6.43 Å². The predicted molar refractivity (Wildman–Crippen MR) is 43.4 cm³/mol. The Labute approximate surface area is 70.4 Å². The first-order valence-electron chi connectivity index (χ1n) is 3.80. The van der Waals surface area contributed by atoms with Crippen LogP contribution in [0.15, 0.2) is 12.3 Å². The molecule has 12 heavy (non-hydrogen) atoms. The number of aryl methyl sites for hydroxylation is 2. The Hall–Kier alpha value is -0.990. The smallest absolute Gasteiger partial charge is 0.242 e. The number of pyridine rings is 1. The topological polar surface area (TPSA) is 12.9 Å². The Morgan fingerprint density at radius 3 is 2.58 bits per heavy atom. The number of halogens is 2. The van der Waals surface area contributed by atoms with Crippen LogP contribution < -0.4 is 0 Å². The maximum atomic E-state index is 12.0. The van der Waals surface area contributed by atoms with Crippen LogP contribution in [0.1, 0.15) is 16.8 Å². The summed E-state index contributed by atoms with van der Waals surface area (Å²) in [7, 11) is 0.